The molecule has 9 heteroatoms. The van der Waals surface area contributed by atoms with Crippen molar-refractivity contribution in [3.63, 3.8) is 0 Å². The number of hydrogen-bond acceptors (Lipinski definition) is 5. The average molecular weight is 585 g/mol. The van der Waals surface area contributed by atoms with E-state index in [0.717, 1.165) is 5.69 Å². The van der Waals surface area contributed by atoms with Crippen LogP contribution in [0, 0.1) is 13.8 Å². The van der Waals surface area contributed by atoms with Gasteiger partial charge in [-0.25, -0.2) is 5.43 Å². The van der Waals surface area contributed by atoms with Crippen LogP contribution in [0.4, 0.5) is 0 Å². The minimum Gasteiger partial charge on any atom is -0.489 e. The molecule has 2 aromatic heterocycles. The number of hydrazone groups is 1. The van der Waals surface area contributed by atoms with Crippen LogP contribution in [-0.2, 0) is 6.61 Å². The number of aryl methyl sites for hydroxylation is 2. The Bertz CT molecular complexity index is 1400. The molecule has 0 bridgehead atoms. The van der Waals surface area contributed by atoms with Gasteiger partial charge in [0.2, 0.25) is 0 Å². The highest BCUT2D eigenvalue weighted by molar-refractivity contribution is 9.10. The summed E-state index contributed by atoms with van der Waals surface area (Å²) in [4.78, 5) is 12.5. The van der Waals surface area contributed by atoms with Crippen LogP contribution in [0.2, 0.25) is 5.02 Å². The zero-order valence-electron chi connectivity index (χ0n) is 20.9. The lowest BCUT2D eigenvalue weighted by Gasteiger charge is -2.14. The molecular formula is C28H27BrClN3O4. The van der Waals surface area contributed by atoms with Crippen molar-refractivity contribution in [2.45, 2.75) is 40.4 Å². The van der Waals surface area contributed by atoms with Gasteiger partial charge in [0.05, 0.1) is 16.8 Å². The highest BCUT2D eigenvalue weighted by atomic mass is 79.9. The minimum atomic E-state index is -0.489. The summed E-state index contributed by atoms with van der Waals surface area (Å²) in [5, 5.41) is 4.55. The number of aromatic nitrogens is 1. The molecule has 0 aliphatic heterocycles. The molecule has 1 amide bonds. The molecule has 0 radical (unpaired) electrons. The zero-order chi connectivity index (χ0) is 26.5. The van der Waals surface area contributed by atoms with E-state index in [2.05, 4.69) is 57.0 Å². The van der Waals surface area contributed by atoms with E-state index in [1.165, 1.54) is 17.6 Å². The Balaban J connectivity index is 1.35. The topological polar surface area (TPSA) is 78.0 Å². The lowest BCUT2D eigenvalue weighted by molar-refractivity contribution is 0.0923. The van der Waals surface area contributed by atoms with Gasteiger partial charge in [-0.05, 0) is 104 Å². The van der Waals surface area contributed by atoms with Crippen LogP contribution in [0.25, 0.3) is 5.69 Å². The first-order chi connectivity index (χ1) is 17.7. The average Bonchev–Trinajstić information content (AvgIpc) is 3.46. The minimum absolute atomic E-state index is 0.0475. The summed E-state index contributed by atoms with van der Waals surface area (Å²) in [6.07, 6.45) is 1.42. The molecule has 2 heterocycles. The second-order valence-electron chi connectivity index (χ2n) is 8.67. The third-order valence-electron chi connectivity index (χ3n) is 5.39. The van der Waals surface area contributed by atoms with E-state index in [4.69, 9.17) is 25.5 Å². The number of carbonyl (C=O) groups excluding carboxylic acids is 1. The van der Waals surface area contributed by atoms with Crippen molar-refractivity contribution < 1.29 is 18.7 Å². The molecule has 0 aliphatic rings. The highest BCUT2D eigenvalue weighted by Crippen LogP contribution is 2.32. The van der Waals surface area contributed by atoms with E-state index in [1.807, 2.05) is 38.1 Å². The van der Waals surface area contributed by atoms with Gasteiger partial charge in [-0.1, -0.05) is 11.6 Å². The van der Waals surface area contributed by atoms with Crippen molar-refractivity contribution >= 4 is 39.7 Å². The van der Waals surface area contributed by atoms with Crippen molar-refractivity contribution in [2.24, 2.45) is 5.10 Å². The molecule has 0 atom stereocenters. The van der Waals surface area contributed by atoms with Gasteiger partial charge in [0.25, 0.3) is 0 Å². The summed E-state index contributed by atoms with van der Waals surface area (Å²) in [5.74, 6) is 1.43. The molecule has 0 aliphatic carbocycles. The lowest BCUT2D eigenvalue weighted by atomic mass is 10.2. The Labute approximate surface area is 229 Å². The number of hydrogen-bond donors (Lipinski definition) is 1. The molecule has 4 aromatic rings. The van der Waals surface area contributed by atoms with Gasteiger partial charge < -0.3 is 18.5 Å². The van der Waals surface area contributed by atoms with E-state index in [9.17, 15) is 4.79 Å². The van der Waals surface area contributed by atoms with Gasteiger partial charge in [0.1, 0.15) is 23.9 Å². The molecule has 0 fully saturated rings. The number of benzene rings is 2. The normalized spacial score (nSPS) is 11.3. The Morgan fingerprint density at radius 1 is 1.11 bits per heavy atom. The van der Waals surface area contributed by atoms with Crippen molar-refractivity contribution in [2.75, 3.05) is 0 Å². The molecule has 0 spiro atoms. The standard InChI is InChI=1S/C28H27BrClN3O4/c1-17(2)36-27-20(13-21(30)14-25(27)29)15-31-32-28(34)26-12-11-24(37-26)16-35-23-9-7-22(8-10-23)33-18(3)5-6-19(33)4/h5-15,17H,16H2,1-4H3,(H,32,34)/b31-15+. The third-order valence-corrected chi connectivity index (χ3v) is 6.20. The van der Waals surface area contributed by atoms with E-state index in [0.29, 0.717) is 32.3 Å². The number of ether oxygens (including phenoxy) is 2. The molecule has 192 valence electrons. The van der Waals surface area contributed by atoms with E-state index < -0.39 is 5.91 Å². The monoisotopic (exact) mass is 583 g/mol. The van der Waals surface area contributed by atoms with E-state index >= 15 is 0 Å². The summed E-state index contributed by atoms with van der Waals surface area (Å²) >= 11 is 9.60. The molecule has 37 heavy (non-hydrogen) atoms. The van der Waals surface area contributed by atoms with Gasteiger partial charge in [-0.3, -0.25) is 4.79 Å². The van der Waals surface area contributed by atoms with Gasteiger partial charge in [-0.2, -0.15) is 5.10 Å². The summed E-state index contributed by atoms with van der Waals surface area (Å²) in [7, 11) is 0. The molecule has 1 N–H and O–H groups in total. The smallest absolute Gasteiger partial charge is 0.307 e. The Kier molecular flexibility index (Phi) is 8.41. The molecule has 7 nitrogen and oxygen atoms in total. The predicted octanol–water partition coefficient (Wildman–Crippen LogP) is 7.23. The maximum Gasteiger partial charge on any atom is 0.307 e. The number of furan rings is 1. The molecule has 4 rings (SSSR count). The zero-order valence-corrected chi connectivity index (χ0v) is 23.3. The molecule has 2 aromatic carbocycles. The summed E-state index contributed by atoms with van der Waals surface area (Å²) in [5.41, 5.74) is 6.49. The number of nitrogens with one attached hydrogen (secondary N) is 1. The second-order valence-corrected chi connectivity index (χ2v) is 9.96. The van der Waals surface area contributed by atoms with Crippen molar-refractivity contribution in [1.82, 2.24) is 9.99 Å². The van der Waals surface area contributed by atoms with Gasteiger partial charge >= 0.3 is 5.91 Å². The number of amides is 1. The van der Waals surface area contributed by atoms with Crippen LogP contribution in [0.1, 0.15) is 47.1 Å². The largest absolute Gasteiger partial charge is 0.489 e. The van der Waals surface area contributed by atoms with Crippen molar-refractivity contribution in [1.29, 1.82) is 0 Å². The van der Waals surface area contributed by atoms with Crippen LogP contribution in [0.5, 0.6) is 11.5 Å². The predicted molar refractivity (Wildman–Crippen MR) is 148 cm³/mol. The van der Waals surface area contributed by atoms with Gasteiger partial charge in [0.15, 0.2) is 5.76 Å². The van der Waals surface area contributed by atoms with E-state index in [1.54, 1.807) is 24.3 Å². The summed E-state index contributed by atoms with van der Waals surface area (Å²) in [6, 6.07) is 18.7. The highest BCUT2D eigenvalue weighted by Gasteiger charge is 2.13. The first-order valence-electron chi connectivity index (χ1n) is 11.7. The summed E-state index contributed by atoms with van der Waals surface area (Å²) < 4.78 is 20.2. The quantitative estimate of drug-likeness (QED) is 0.166. The Morgan fingerprint density at radius 2 is 1.81 bits per heavy atom. The first-order valence-corrected chi connectivity index (χ1v) is 12.8. The van der Waals surface area contributed by atoms with Crippen LogP contribution < -0.4 is 14.9 Å². The number of carbonyl (C=O) groups is 1. The Hall–Kier alpha value is -3.49. The maximum atomic E-state index is 12.5. The number of halogens is 2. The van der Waals surface area contributed by atoms with Crippen molar-refractivity contribution in [3.05, 3.63) is 98.6 Å². The van der Waals surface area contributed by atoms with Gasteiger partial charge in [0, 0.05) is 27.7 Å². The van der Waals surface area contributed by atoms with Crippen molar-refractivity contribution in [3.8, 4) is 17.2 Å². The van der Waals surface area contributed by atoms with E-state index in [-0.39, 0.29) is 18.5 Å². The van der Waals surface area contributed by atoms with Crippen LogP contribution >= 0.6 is 27.5 Å². The third kappa shape index (κ3) is 6.64. The maximum absolute atomic E-state index is 12.5. The molecule has 0 saturated carbocycles. The van der Waals surface area contributed by atoms with Gasteiger partial charge in [-0.15, -0.1) is 0 Å². The second kappa shape index (κ2) is 11.7. The molecular weight excluding hydrogens is 558 g/mol. The SMILES string of the molecule is Cc1ccc(C)n1-c1ccc(OCc2ccc(C(=O)N/N=C/c3cc(Cl)cc(Br)c3OC(C)C)o2)cc1. The number of nitrogens with zero attached hydrogens (tertiary/aromatic N) is 2. The fraction of sp³-hybridized carbons (Fsp3) is 0.214. The van der Waals surface area contributed by atoms with Crippen LogP contribution in [0.15, 0.2) is 74.7 Å². The summed E-state index contributed by atoms with van der Waals surface area (Å²) in [6.45, 7) is 8.17. The molecule has 0 saturated heterocycles. The van der Waals surface area contributed by atoms with Crippen LogP contribution in [-0.4, -0.2) is 22.8 Å². The first kappa shape index (κ1) is 26.6. The fourth-order valence-corrected chi connectivity index (χ4v) is 4.68. The number of rotatable bonds is 9. The fourth-order valence-electron chi connectivity index (χ4n) is 3.75. The lowest BCUT2D eigenvalue weighted by Crippen LogP contribution is -2.17. The van der Waals surface area contributed by atoms with Crippen LogP contribution in [0.3, 0.4) is 0 Å². The Morgan fingerprint density at radius 3 is 2.49 bits per heavy atom. The molecule has 0 unspecified atom stereocenters.